The average molecular weight is 303 g/mol. The van der Waals surface area contributed by atoms with Gasteiger partial charge in [-0.2, -0.15) is 0 Å². The minimum Gasteiger partial charge on any atom is -0.363 e. The molecule has 5 nitrogen and oxygen atoms in total. The normalized spacial score (nSPS) is 19.1. The van der Waals surface area contributed by atoms with Gasteiger partial charge in [0.1, 0.15) is 11.6 Å². The first-order valence-electron chi connectivity index (χ1n) is 7.28. The van der Waals surface area contributed by atoms with Gasteiger partial charge < -0.3 is 4.90 Å². The maximum Gasteiger partial charge on any atom is 0.132 e. The van der Waals surface area contributed by atoms with E-state index in [9.17, 15) is 0 Å². The highest BCUT2D eigenvalue weighted by molar-refractivity contribution is 7.09. The van der Waals surface area contributed by atoms with Crippen LogP contribution in [0.3, 0.4) is 0 Å². The number of anilines is 1. The summed E-state index contributed by atoms with van der Waals surface area (Å²) in [5.74, 6) is 1.84. The van der Waals surface area contributed by atoms with Crippen LogP contribution in [0.15, 0.2) is 17.8 Å². The molecule has 0 saturated carbocycles. The summed E-state index contributed by atoms with van der Waals surface area (Å²) in [4.78, 5) is 19.2. The number of hydrogen-bond donors (Lipinski definition) is 0. The lowest BCUT2D eigenvalue weighted by molar-refractivity contribution is 0.246. The number of likely N-dealkylation sites (tertiary alicyclic amines) is 1. The van der Waals surface area contributed by atoms with Gasteiger partial charge in [-0.25, -0.2) is 9.97 Å². The van der Waals surface area contributed by atoms with E-state index >= 15 is 0 Å². The summed E-state index contributed by atoms with van der Waals surface area (Å²) in [6.45, 7) is 4.07. The number of aryl methyl sites for hydroxylation is 1. The van der Waals surface area contributed by atoms with Gasteiger partial charge in [0.2, 0.25) is 0 Å². The van der Waals surface area contributed by atoms with Crippen molar-refractivity contribution in [3.63, 3.8) is 0 Å². The highest BCUT2D eigenvalue weighted by Gasteiger charge is 2.28. The second-order valence-corrected chi connectivity index (χ2v) is 6.66. The van der Waals surface area contributed by atoms with Crippen molar-refractivity contribution >= 4 is 17.2 Å². The molecule has 1 fully saturated rings. The molecule has 0 aliphatic carbocycles. The van der Waals surface area contributed by atoms with Crippen LogP contribution in [0.2, 0.25) is 0 Å². The maximum atomic E-state index is 4.69. The molecule has 1 aliphatic rings. The summed E-state index contributed by atoms with van der Waals surface area (Å²) in [6.07, 6.45) is 4.36. The largest absolute Gasteiger partial charge is 0.363 e. The highest BCUT2D eigenvalue weighted by atomic mass is 32.1. The van der Waals surface area contributed by atoms with Crippen molar-refractivity contribution in [2.45, 2.75) is 32.4 Å². The summed E-state index contributed by atoms with van der Waals surface area (Å²) in [5.41, 5.74) is 3.05. The van der Waals surface area contributed by atoms with Gasteiger partial charge >= 0.3 is 0 Å². The maximum absolute atomic E-state index is 4.69. The lowest BCUT2D eigenvalue weighted by Gasteiger charge is -2.24. The number of rotatable bonds is 4. The van der Waals surface area contributed by atoms with Crippen LogP contribution in [0, 0.1) is 6.92 Å². The van der Waals surface area contributed by atoms with Crippen molar-refractivity contribution < 1.29 is 0 Å². The van der Waals surface area contributed by atoms with Crippen LogP contribution in [-0.2, 0) is 6.54 Å². The Morgan fingerprint density at radius 3 is 2.95 bits per heavy atom. The molecule has 0 bridgehead atoms. The van der Waals surface area contributed by atoms with Crippen LogP contribution in [0.1, 0.15) is 35.3 Å². The number of thiazole rings is 1. The molecule has 1 atom stereocenters. The molecule has 3 heterocycles. The van der Waals surface area contributed by atoms with E-state index in [4.69, 9.17) is 0 Å². The molecule has 1 aliphatic heterocycles. The Kier molecular flexibility index (Phi) is 4.17. The Bertz CT molecular complexity index is 596. The molecule has 6 heteroatoms. The summed E-state index contributed by atoms with van der Waals surface area (Å²) in [6, 6.07) is 2.52. The fourth-order valence-electron chi connectivity index (χ4n) is 2.84. The zero-order chi connectivity index (χ0) is 14.8. The van der Waals surface area contributed by atoms with E-state index in [-0.39, 0.29) is 0 Å². The van der Waals surface area contributed by atoms with E-state index in [2.05, 4.69) is 25.9 Å². The molecule has 2 aromatic heterocycles. The Balaban J connectivity index is 1.84. The third-order valence-corrected chi connectivity index (χ3v) is 4.61. The minimum absolute atomic E-state index is 0.396. The van der Waals surface area contributed by atoms with Crippen molar-refractivity contribution in [3.8, 4) is 0 Å². The summed E-state index contributed by atoms with van der Waals surface area (Å²) >= 11 is 1.72. The smallest absolute Gasteiger partial charge is 0.132 e. The Morgan fingerprint density at radius 2 is 2.24 bits per heavy atom. The van der Waals surface area contributed by atoms with E-state index in [1.807, 2.05) is 37.6 Å². The van der Waals surface area contributed by atoms with Crippen molar-refractivity contribution in [3.05, 3.63) is 34.2 Å². The fraction of sp³-hybridized carbons (Fsp3) is 0.533. The molecule has 3 rings (SSSR count). The van der Waals surface area contributed by atoms with Crippen LogP contribution >= 0.6 is 11.3 Å². The second kappa shape index (κ2) is 6.07. The first-order chi connectivity index (χ1) is 10.1. The monoisotopic (exact) mass is 303 g/mol. The topological polar surface area (TPSA) is 45.2 Å². The van der Waals surface area contributed by atoms with Crippen molar-refractivity contribution in [1.29, 1.82) is 0 Å². The number of nitrogens with zero attached hydrogens (tertiary/aromatic N) is 5. The van der Waals surface area contributed by atoms with Crippen LogP contribution in [0.25, 0.3) is 0 Å². The van der Waals surface area contributed by atoms with Gasteiger partial charge in [0.15, 0.2) is 0 Å². The van der Waals surface area contributed by atoms with Gasteiger partial charge in [-0.3, -0.25) is 9.88 Å². The van der Waals surface area contributed by atoms with Gasteiger partial charge in [0.25, 0.3) is 0 Å². The second-order valence-electron chi connectivity index (χ2n) is 5.69. The molecule has 112 valence electrons. The lowest BCUT2D eigenvalue weighted by atomic mass is 10.1. The molecule has 0 aromatic carbocycles. The SMILES string of the molecule is Cc1nc(C2CCCN2Cc2cncs2)cc(N(C)C)n1. The van der Waals surface area contributed by atoms with Crippen LogP contribution in [0.5, 0.6) is 0 Å². The summed E-state index contributed by atoms with van der Waals surface area (Å²) < 4.78 is 0. The third-order valence-electron chi connectivity index (χ3n) is 3.85. The molecule has 0 spiro atoms. The van der Waals surface area contributed by atoms with E-state index in [1.165, 1.54) is 17.7 Å². The van der Waals surface area contributed by atoms with Gasteiger partial charge in [0, 0.05) is 37.8 Å². The van der Waals surface area contributed by atoms with Crippen molar-refractivity contribution in [2.24, 2.45) is 0 Å². The zero-order valence-electron chi connectivity index (χ0n) is 12.8. The van der Waals surface area contributed by atoms with Crippen molar-refractivity contribution in [2.75, 3.05) is 25.5 Å². The number of aromatic nitrogens is 3. The van der Waals surface area contributed by atoms with Crippen LogP contribution in [0.4, 0.5) is 5.82 Å². The summed E-state index contributed by atoms with van der Waals surface area (Å²) in [7, 11) is 4.05. The Morgan fingerprint density at radius 1 is 1.38 bits per heavy atom. The predicted octanol–water partition coefficient (Wildman–Crippen LogP) is 2.64. The molecule has 0 amide bonds. The first kappa shape index (κ1) is 14.4. The molecular weight excluding hydrogens is 282 g/mol. The van der Waals surface area contributed by atoms with Gasteiger partial charge in [-0.15, -0.1) is 11.3 Å². The van der Waals surface area contributed by atoms with E-state index in [1.54, 1.807) is 11.3 Å². The van der Waals surface area contributed by atoms with Crippen LogP contribution in [-0.4, -0.2) is 40.5 Å². The minimum atomic E-state index is 0.396. The highest BCUT2D eigenvalue weighted by Crippen LogP contribution is 2.33. The Hall–Kier alpha value is -1.53. The molecule has 1 saturated heterocycles. The average Bonchev–Trinajstić information content (AvgIpc) is 3.10. The molecule has 2 aromatic rings. The van der Waals surface area contributed by atoms with E-state index in [0.717, 1.165) is 30.4 Å². The quantitative estimate of drug-likeness (QED) is 0.869. The van der Waals surface area contributed by atoms with Gasteiger partial charge in [-0.05, 0) is 26.3 Å². The molecule has 0 N–H and O–H groups in total. The van der Waals surface area contributed by atoms with Crippen LogP contribution < -0.4 is 4.90 Å². The van der Waals surface area contributed by atoms with Gasteiger partial charge in [0.05, 0.1) is 17.2 Å². The molecular formula is C15H21N5S. The van der Waals surface area contributed by atoms with Gasteiger partial charge in [-0.1, -0.05) is 0 Å². The third kappa shape index (κ3) is 3.22. The van der Waals surface area contributed by atoms with E-state index < -0.39 is 0 Å². The zero-order valence-corrected chi connectivity index (χ0v) is 13.6. The number of hydrogen-bond acceptors (Lipinski definition) is 6. The Labute approximate surface area is 129 Å². The molecule has 0 radical (unpaired) electrons. The lowest BCUT2D eigenvalue weighted by Crippen LogP contribution is -2.24. The first-order valence-corrected chi connectivity index (χ1v) is 8.16. The molecule has 1 unspecified atom stereocenters. The van der Waals surface area contributed by atoms with E-state index in [0.29, 0.717) is 6.04 Å². The predicted molar refractivity (Wildman–Crippen MR) is 85.6 cm³/mol. The van der Waals surface area contributed by atoms with Crippen molar-refractivity contribution in [1.82, 2.24) is 19.9 Å². The molecule has 21 heavy (non-hydrogen) atoms. The fourth-order valence-corrected chi connectivity index (χ4v) is 3.46. The summed E-state index contributed by atoms with van der Waals surface area (Å²) in [5, 5.41) is 0. The standard InChI is InChI=1S/C15H21N5S/c1-11-17-13(7-15(18-11)19(2)3)14-5-4-6-20(14)9-12-8-16-10-21-12/h7-8,10,14H,4-6,9H2,1-3H3.